The summed E-state index contributed by atoms with van der Waals surface area (Å²) in [5.74, 6) is 3.06. The van der Waals surface area contributed by atoms with Gasteiger partial charge in [-0.3, -0.25) is 0 Å². The maximum atomic E-state index is 12.3. The predicted molar refractivity (Wildman–Crippen MR) is 219 cm³/mol. The summed E-state index contributed by atoms with van der Waals surface area (Å²) in [7, 11) is 0. The van der Waals surface area contributed by atoms with E-state index in [0.717, 1.165) is 81.9 Å². The lowest BCUT2D eigenvalue weighted by atomic mass is 9.84. The van der Waals surface area contributed by atoms with Crippen molar-refractivity contribution in [3.05, 3.63) is 46.5 Å². The molecule has 0 radical (unpaired) electrons. The molecule has 0 spiro atoms. The van der Waals surface area contributed by atoms with Crippen molar-refractivity contribution < 1.29 is 28.5 Å². The third-order valence-corrected chi connectivity index (χ3v) is 9.92. The molecule has 0 atom stereocenters. The number of benzene rings is 2. The van der Waals surface area contributed by atoms with Crippen LogP contribution in [0.2, 0.25) is 0 Å². The normalized spacial score (nSPS) is 17.3. The fraction of sp³-hybridized carbons (Fsp3) is 0.682. The Balaban J connectivity index is 0.000000241. The number of nitrogens with two attached hydrogens (primary N) is 2. The first-order chi connectivity index (χ1) is 25.2. The summed E-state index contributed by atoms with van der Waals surface area (Å²) >= 11 is 0. The topological polar surface area (TPSA) is 130 Å². The van der Waals surface area contributed by atoms with E-state index >= 15 is 0 Å². The molecule has 10 nitrogen and oxygen atoms in total. The molecular weight excluding hydrogens is 681 g/mol. The molecule has 3 fully saturated rings. The third-order valence-electron chi connectivity index (χ3n) is 9.92. The molecule has 0 bridgehead atoms. The fourth-order valence-corrected chi connectivity index (χ4v) is 7.37. The van der Waals surface area contributed by atoms with Gasteiger partial charge in [0, 0.05) is 26.2 Å². The zero-order valence-electron chi connectivity index (χ0n) is 35.2. The lowest BCUT2D eigenvalue weighted by Gasteiger charge is -2.34. The molecule has 2 aliphatic heterocycles. The van der Waals surface area contributed by atoms with Crippen LogP contribution in [0.3, 0.4) is 0 Å². The van der Waals surface area contributed by atoms with E-state index in [4.69, 9.17) is 30.4 Å². The molecule has 4 N–H and O–H groups in total. The lowest BCUT2D eigenvalue weighted by molar-refractivity contribution is 0.0194. The quantitative estimate of drug-likeness (QED) is 0.242. The van der Waals surface area contributed by atoms with E-state index in [9.17, 15) is 9.59 Å². The van der Waals surface area contributed by atoms with Crippen LogP contribution in [0.4, 0.5) is 21.0 Å². The van der Waals surface area contributed by atoms with Crippen molar-refractivity contribution in [1.82, 2.24) is 9.80 Å². The average Bonchev–Trinajstić information content (AvgIpc) is 3.91. The highest BCUT2D eigenvalue weighted by Crippen LogP contribution is 2.47. The number of rotatable bonds is 9. The standard InChI is InChI=1S/C22H34N2O3.C22H36N2O3/c1-14(2)26-20-13-18(17(12-19(20)23)15-6-7-15)16-8-10-24(11-9-16)21(25)27-22(3,4)5;1-7-8-17-13-19(23)20(26-15(2)3)14-18(17)16-9-11-24(12-10-16)21(25)27-22(4,5)6/h12-16H,6-11,23H2,1-5H3;13-16H,7-12,23H2,1-6H3. The lowest BCUT2D eigenvalue weighted by Crippen LogP contribution is -2.41. The van der Waals surface area contributed by atoms with Crippen LogP contribution in [0, 0.1) is 0 Å². The Morgan fingerprint density at radius 2 is 1.00 bits per heavy atom. The number of carbonyl (C=O) groups is 2. The Morgan fingerprint density at radius 1 is 0.630 bits per heavy atom. The van der Waals surface area contributed by atoms with E-state index in [1.807, 2.05) is 79.0 Å². The molecule has 54 heavy (non-hydrogen) atoms. The number of ether oxygens (including phenoxy) is 4. The molecular formula is C44H70N4O6. The maximum Gasteiger partial charge on any atom is 0.410 e. The molecule has 2 heterocycles. The number of aryl methyl sites for hydroxylation is 1. The highest BCUT2D eigenvalue weighted by atomic mass is 16.6. The summed E-state index contributed by atoms with van der Waals surface area (Å²) in [6.45, 7) is 24.6. The van der Waals surface area contributed by atoms with Crippen LogP contribution in [-0.2, 0) is 15.9 Å². The maximum absolute atomic E-state index is 12.3. The fourth-order valence-electron chi connectivity index (χ4n) is 7.37. The van der Waals surface area contributed by atoms with Gasteiger partial charge in [0.25, 0.3) is 0 Å². The Kier molecular flexibility index (Phi) is 14.5. The molecule has 2 aromatic rings. The van der Waals surface area contributed by atoms with Crippen LogP contribution in [0.15, 0.2) is 24.3 Å². The van der Waals surface area contributed by atoms with Crippen LogP contribution in [0.5, 0.6) is 11.5 Å². The van der Waals surface area contributed by atoms with Gasteiger partial charge in [-0.15, -0.1) is 0 Å². The SMILES string of the molecule is CC(C)Oc1cc(C2CCN(C(=O)OC(C)(C)C)CC2)c(C2CC2)cc1N.CCCc1cc(N)c(OC(C)C)cc1C1CCN(C(=O)OC(C)(C)C)CC1. The average molecular weight is 751 g/mol. The number of hydrogen-bond donors (Lipinski definition) is 2. The minimum Gasteiger partial charge on any atom is -0.489 e. The molecule has 0 aromatic heterocycles. The largest absolute Gasteiger partial charge is 0.489 e. The number of piperidine rings is 2. The van der Waals surface area contributed by atoms with Gasteiger partial charge in [0.05, 0.1) is 23.6 Å². The molecule has 5 rings (SSSR count). The van der Waals surface area contributed by atoms with Gasteiger partial charge in [-0.25, -0.2) is 9.59 Å². The molecule has 2 amide bonds. The van der Waals surface area contributed by atoms with Crippen LogP contribution in [0.1, 0.15) is 161 Å². The first-order valence-corrected chi connectivity index (χ1v) is 20.4. The van der Waals surface area contributed by atoms with E-state index < -0.39 is 11.2 Å². The summed E-state index contributed by atoms with van der Waals surface area (Å²) in [4.78, 5) is 28.3. The second-order valence-corrected chi connectivity index (χ2v) is 17.9. The molecule has 3 aliphatic rings. The Morgan fingerprint density at radius 3 is 1.39 bits per heavy atom. The van der Waals surface area contributed by atoms with Crippen LogP contribution in [0.25, 0.3) is 0 Å². The summed E-state index contributed by atoms with van der Waals surface area (Å²) in [5.41, 5.74) is 18.4. The number of carbonyl (C=O) groups excluding carboxylic acids is 2. The van der Waals surface area contributed by atoms with Gasteiger partial charge in [0.15, 0.2) is 0 Å². The first-order valence-electron chi connectivity index (χ1n) is 20.4. The molecule has 1 aliphatic carbocycles. The number of anilines is 2. The summed E-state index contributed by atoms with van der Waals surface area (Å²) < 4.78 is 22.9. The number of amides is 2. The molecule has 2 aromatic carbocycles. The molecule has 0 unspecified atom stereocenters. The molecule has 1 saturated carbocycles. The molecule has 302 valence electrons. The van der Waals surface area contributed by atoms with Crippen LogP contribution < -0.4 is 20.9 Å². The Bertz CT molecular complexity index is 1560. The van der Waals surface area contributed by atoms with E-state index in [-0.39, 0.29) is 24.4 Å². The van der Waals surface area contributed by atoms with E-state index in [0.29, 0.717) is 23.4 Å². The van der Waals surface area contributed by atoms with Crippen LogP contribution >= 0.6 is 0 Å². The van der Waals surface area contributed by atoms with E-state index in [1.165, 1.54) is 35.1 Å². The van der Waals surface area contributed by atoms with Crippen molar-refractivity contribution in [2.24, 2.45) is 0 Å². The van der Waals surface area contributed by atoms with Gasteiger partial charge in [0.1, 0.15) is 22.7 Å². The van der Waals surface area contributed by atoms with E-state index in [1.54, 1.807) is 0 Å². The Hall–Kier alpha value is -3.82. The molecule has 2 saturated heterocycles. The first kappa shape index (κ1) is 42.9. The summed E-state index contributed by atoms with van der Waals surface area (Å²) in [6.07, 6.45) is 8.10. The monoisotopic (exact) mass is 751 g/mol. The Labute approximate surface area is 325 Å². The number of likely N-dealkylation sites (tertiary alicyclic amines) is 2. The van der Waals surface area contributed by atoms with E-state index in [2.05, 4.69) is 31.2 Å². The van der Waals surface area contributed by atoms with Crippen molar-refractivity contribution in [3.8, 4) is 11.5 Å². The number of nitrogen functional groups attached to an aromatic ring is 2. The highest BCUT2D eigenvalue weighted by molar-refractivity contribution is 5.69. The van der Waals surface area contributed by atoms with Crippen LogP contribution in [-0.4, -0.2) is 71.6 Å². The minimum atomic E-state index is -0.456. The minimum absolute atomic E-state index is 0.0891. The molecule has 10 heteroatoms. The second-order valence-electron chi connectivity index (χ2n) is 17.9. The summed E-state index contributed by atoms with van der Waals surface area (Å²) in [6, 6.07) is 8.51. The smallest absolute Gasteiger partial charge is 0.410 e. The third kappa shape index (κ3) is 12.6. The zero-order chi connectivity index (χ0) is 40.0. The van der Waals surface area contributed by atoms with Crippen molar-refractivity contribution in [2.75, 3.05) is 37.6 Å². The second kappa shape index (κ2) is 18.2. The summed E-state index contributed by atoms with van der Waals surface area (Å²) in [5, 5.41) is 0. The van der Waals surface area contributed by atoms with Gasteiger partial charge in [-0.2, -0.15) is 0 Å². The van der Waals surface area contributed by atoms with Gasteiger partial charge >= 0.3 is 12.2 Å². The number of hydrogen-bond acceptors (Lipinski definition) is 8. The van der Waals surface area contributed by atoms with Gasteiger partial charge in [-0.05, 0) is 178 Å². The van der Waals surface area contributed by atoms with Gasteiger partial charge in [0.2, 0.25) is 0 Å². The predicted octanol–water partition coefficient (Wildman–Crippen LogP) is 10.2. The van der Waals surface area contributed by atoms with Crippen molar-refractivity contribution >= 4 is 23.6 Å². The van der Waals surface area contributed by atoms with Crippen molar-refractivity contribution in [1.29, 1.82) is 0 Å². The van der Waals surface area contributed by atoms with Crippen molar-refractivity contribution in [2.45, 2.75) is 169 Å². The van der Waals surface area contributed by atoms with Crippen molar-refractivity contribution in [3.63, 3.8) is 0 Å². The highest BCUT2D eigenvalue weighted by Gasteiger charge is 2.33. The zero-order valence-corrected chi connectivity index (χ0v) is 35.2. The van der Waals surface area contributed by atoms with Gasteiger partial charge in [-0.1, -0.05) is 13.3 Å². The number of nitrogens with zero attached hydrogens (tertiary/aromatic N) is 2. The van der Waals surface area contributed by atoms with Gasteiger partial charge < -0.3 is 40.2 Å².